The molecule has 3 aliphatic rings. The lowest BCUT2D eigenvalue weighted by atomic mass is 10.1. The number of ether oxygens (including phenoxy) is 1. The van der Waals surface area contributed by atoms with Gasteiger partial charge in [0.15, 0.2) is 11.6 Å². The van der Waals surface area contributed by atoms with E-state index in [-0.39, 0.29) is 36.4 Å². The number of urea groups is 1. The molecule has 1 atom stereocenters. The Bertz CT molecular complexity index is 1590. The van der Waals surface area contributed by atoms with Crippen LogP contribution >= 0.6 is 19.9 Å². The number of thiophene rings is 1. The van der Waals surface area contributed by atoms with Gasteiger partial charge in [0.2, 0.25) is 5.91 Å². The Labute approximate surface area is 258 Å². The Balaban J connectivity index is 1.03. The summed E-state index contributed by atoms with van der Waals surface area (Å²) >= 11 is 1.52. The molecule has 2 aromatic heterocycles. The third kappa shape index (κ3) is 7.70. The van der Waals surface area contributed by atoms with Crippen LogP contribution in [0.4, 0.5) is 14.9 Å². The number of amides is 3. The summed E-state index contributed by atoms with van der Waals surface area (Å²) in [6, 6.07) is 7.82. The first-order valence-corrected chi connectivity index (χ1v) is 16.2. The number of carbonyl (C=O) groups excluding carboxylic acids is 2. The lowest BCUT2D eigenvalue weighted by molar-refractivity contribution is -0.135. The fourth-order valence-electron chi connectivity index (χ4n) is 4.94. The van der Waals surface area contributed by atoms with Crippen molar-refractivity contribution in [3.63, 3.8) is 0 Å². The summed E-state index contributed by atoms with van der Waals surface area (Å²) < 4.78 is 26.3. The Morgan fingerprint density at radius 1 is 1.14 bits per heavy atom. The Hall–Kier alpha value is -3.65. The van der Waals surface area contributed by atoms with Gasteiger partial charge in [-0.1, -0.05) is 12.2 Å². The highest BCUT2D eigenvalue weighted by Gasteiger charge is 2.24. The van der Waals surface area contributed by atoms with E-state index in [9.17, 15) is 14.0 Å². The van der Waals surface area contributed by atoms with Crippen molar-refractivity contribution >= 4 is 47.8 Å². The first-order chi connectivity index (χ1) is 21.3. The number of dihydropyridines is 1. The number of piperazine rings is 1. The van der Waals surface area contributed by atoms with Gasteiger partial charge in [-0.25, -0.2) is 9.18 Å². The number of nitrogens with zero attached hydrogens (tertiary/aromatic N) is 3. The minimum Gasteiger partial charge on any atom is -0.453 e. The molecule has 44 heavy (non-hydrogen) atoms. The molecule has 232 valence electrons. The van der Waals surface area contributed by atoms with E-state index in [1.165, 1.54) is 23.5 Å². The molecule has 4 heterocycles. The molecule has 1 aliphatic carbocycles. The Morgan fingerprint density at radius 2 is 1.95 bits per heavy atom. The van der Waals surface area contributed by atoms with E-state index in [0.717, 1.165) is 40.1 Å². The molecular formula is C29H32FN6O6PS. The highest BCUT2D eigenvalue weighted by Crippen LogP contribution is 2.39. The summed E-state index contributed by atoms with van der Waals surface area (Å²) in [6.07, 6.45) is 9.72. The lowest BCUT2D eigenvalue weighted by Crippen LogP contribution is -2.50. The molecule has 15 heteroatoms. The third-order valence-electron chi connectivity index (χ3n) is 7.41. The predicted octanol–water partition coefficient (Wildman–Crippen LogP) is 3.97. The number of carbonyl (C=O) groups is 2. The van der Waals surface area contributed by atoms with Crippen molar-refractivity contribution in [3.05, 3.63) is 71.1 Å². The van der Waals surface area contributed by atoms with Crippen molar-refractivity contribution in [2.75, 3.05) is 44.6 Å². The second-order valence-corrected chi connectivity index (χ2v) is 12.5. The van der Waals surface area contributed by atoms with E-state index in [2.05, 4.69) is 42.5 Å². The number of fused-ring (bicyclic) bond motifs is 1. The van der Waals surface area contributed by atoms with Gasteiger partial charge >= 0.3 is 14.6 Å². The van der Waals surface area contributed by atoms with Crippen LogP contribution in [0.2, 0.25) is 0 Å². The molecular weight excluding hydrogens is 610 g/mol. The molecule has 2 fully saturated rings. The van der Waals surface area contributed by atoms with E-state index in [1.807, 2.05) is 12.3 Å². The molecule has 1 aromatic carbocycles. The van der Waals surface area contributed by atoms with Gasteiger partial charge in [0, 0.05) is 73.9 Å². The SMILES string of the molecule is O=C(Nc1ccc(Oc2ccnc3cc(C4C=CC(CN5CCN(C(=O)COP(O)O)CC5)=CN4)sc23)c(F)c1)NC1CC1. The van der Waals surface area contributed by atoms with Crippen LogP contribution in [-0.2, 0) is 9.32 Å². The van der Waals surface area contributed by atoms with E-state index >= 15 is 0 Å². The number of hydrogen-bond acceptors (Lipinski definition) is 10. The number of anilines is 1. The zero-order chi connectivity index (χ0) is 30.6. The average molecular weight is 643 g/mol. The number of pyridine rings is 1. The smallest absolute Gasteiger partial charge is 0.327 e. The fraction of sp³-hybridized carbons (Fsp3) is 0.345. The van der Waals surface area contributed by atoms with Gasteiger partial charge in [-0.15, -0.1) is 11.3 Å². The number of hydrogen-bond donors (Lipinski definition) is 5. The van der Waals surface area contributed by atoms with Crippen LogP contribution in [0.3, 0.4) is 0 Å². The van der Waals surface area contributed by atoms with Crippen LogP contribution in [-0.4, -0.2) is 81.9 Å². The minimum atomic E-state index is -2.53. The van der Waals surface area contributed by atoms with Gasteiger partial charge in [0.1, 0.15) is 12.4 Å². The third-order valence-corrected chi connectivity index (χ3v) is 8.99. The first-order valence-electron chi connectivity index (χ1n) is 14.2. The van der Waals surface area contributed by atoms with Gasteiger partial charge in [-0.3, -0.25) is 14.7 Å². The second kappa shape index (κ2) is 13.6. The number of benzene rings is 1. The standard InChI is InChI=1S/C29H32FN6O6PS/c30-21-13-20(34-29(38)33-19-2-3-19)4-6-24(21)42-25-7-8-31-23-14-26(44-28(23)25)22-5-1-18(15-32-22)16-35-9-11-36(12-10-35)27(37)17-41-43(39)40/h1,4-8,13-15,19,22,32,39-40H,2-3,9-12,16-17H2,(H2,33,34,38). The summed E-state index contributed by atoms with van der Waals surface area (Å²) in [5.41, 5.74) is 2.20. The largest absolute Gasteiger partial charge is 0.453 e. The monoisotopic (exact) mass is 642 g/mol. The summed E-state index contributed by atoms with van der Waals surface area (Å²) in [7, 11) is -2.53. The normalized spacial score (nSPS) is 18.7. The number of halogens is 1. The zero-order valence-electron chi connectivity index (χ0n) is 23.6. The van der Waals surface area contributed by atoms with Crippen LogP contribution < -0.4 is 20.7 Å². The van der Waals surface area contributed by atoms with Gasteiger partial charge in [0.25, 0.3) is 0 Å². The maximum atomic E-state index is 14.9. The zero-order valence-corrected chi connectivity index (χ0v) is 25.3. The summed E-state index contributed by atoms with van der Waals surface area (Å²) in [4.78, 5) is 51.2. The highest BCUT2D eigenvalue weighted by atomic mass is 32.1. The Morgan fingerprint density at radius 3 is 2.66 bits per heavy atom. The molecule has 1 saturated heterocycles. The van der Waals surface area contributed by atoms with Crippen LogP contribution in [0.5, 0.6) is 11.5 Å². The van der Waals surface area contributed by atoms with Crippen molar-refractivity contribution in [1.82, 2.24) is 25.4 Å². The van der Waals surface area contributed by atoms with Gasteiger partial charge in [-0.2, -0.15) is 0 Å². The number of aromatic nitrogens is 1. The van der Waals surface area contributed by atoms with Crippen molar-refractivity contribution < 1.29 is 33.0 Å². The minimum absolute atomic E-state index is 0.0483. The molecule has 12 nitrogen and oxygen atoms in total. The van der Waals surface area contributed by atoms with Crippen molar-refractivity contribution in [1.29, 1.82) is 0 Å². The molecule has 1 saturated carbocycles. The van der Waals surface area contributed by atoms with E-state index < -0.39 is 14.4 Å². The predicted molar refractivity (Wildman–Crippen MR) is 165 cm³/mol. The van der Waals surface area contributed by atoms with Crippen LogP contribution in [0, 0.1) is 5.82 Å². The maximum absolute atomic E-state index is 14.9. The first kappa shape index (κ1) is 30.4. The van der Waals surface area contributed by atoms with Gasteiger partial charge < -0.3 is 39.9 Å². The van der Waals surface area contributed by atoms with Gasteiger partial charge in [0.05, 0.1) is 16.3 Å². The quantitative estimate of drug-likeness (QED) is 0.207. The second-order valence-electron chi connectivity index (χ2n) is 10.7. The van der Waals surface area contributed by atoms with Gasteiger partial charge in [-0.05, 0) is 36.6 Å². The number of nitrogens with one attached hydrogen (secondary N) is 3. The maximum Gasteiger partial charge on any atom is 0.327 e. The van der Waals surface area contributed by atoms with E-state index in [4.69, 9.17) is 14.5 Å². The van der Waals surface area contributed by atoms with Crippen molar-refractivity contribution in [3.8, 4) is 11.5 Å². The molecule has 6 rings (SSSR count). The fourth-order valence-corrected chi connectivity index (χ4v) is 6.27. The molecule has 0 bridgehead atoms. The van der Waals surface area contributed by atoms with Crippen molar-refractivity contribution in [2.24, 2.45) is 0 Å². The summed E-state index contributed by atoms with van der Waals surface area (Å²) in [6.45, 7) is 2.89. The topological polar surface area (TPSA) is 149 Å². The van der Waals surface area contributed by atoms with Crippen molar-refractivity contribution in [2.45, 2.75) is 24.9 Å². The number of rotatable bonds is 10. The van der Waals surface area contributed by atoms with E-state index in [1.54, 1.807) is 23.2 Å². The molecule has 3 aromatic rings. The average Bonchev–Trinajstić information content (AvgIpc) is 3.71. The molecule has 1 unspecified atom stereocenters. The lowest BCUT2D eigenvalue weighted by Gasteiger charge is -2.35. The molecule has 5 N–H and O–H groups in total. The molecule has 0 radical (unpaired) electrons. The molecule has 0 spiro atoms. The summed E-state index contributed by atoms with van der Waals surface area (Å²) in [5.74, 6) is -0.300. The molecule has 3 amide bonds. The molecule has 2 aliphatic heterocycles. The summed E-state index contributed by atoms with van der Waals surface area (Å²) in [5, 5.41) is 8.90. The van der Waals surface area contributed by atoms with E-state index in [0.29, 0.717) is 37.6 Å². The van der Waals surface area contributed by atoms with Crippen LogP contribution in [0.15, 0.2) is 60.5 Å². The van der Waals surface area contributed by atoms with Crippen LogP contribution in [0.1, 0.15) is 23.8 Å². The highest BCUT2D eigenvalue weighted by molar-refractivity contribution is 7.39. The van der Waals surface area contributed by atoms with Crippen LogP contribution in [0.25, 0.3) is 10.2 Å². The Kier molecular flexibility index (Phi) is 9.36.